The molecule has 0 aliphatic rings. The van der Waals surface area contributed by atoms with E-state index in [0.717, 1.165) is 36.6 Å². The average Bonchev–Trinajstić information content (AvgIpc) is 2.41. The monoisotopic (exact) mass is 279 g/mol. The zero-order chi connectivity index (χ0) is 15.1. The van der Waals surface area contributed by atoms with Crippen molar-refractivity contribution in [1.82, 2.24) is 14.9 Å². The maximum atomic E-state index is 11.9. The third-order valence-electron chi connectivity index (χ3n) is 2.95. The van der Waals surface area contributed by atoms with Gasteiger partial charge in [0, 0.05) is 26.2 Å². The summed E-state index contributed by atoms with van der Waals surface area (Å²) in [6.07, 6.45) is 3.39. The Morgan fingerprint density at radius 2 is 1.95 bits per heavy atom. The quantitative estimate of drug-likeness (QED) is 0.795. The molecule has 1 unspecified atom stereocenters. The molecule has 6 heteroatoms. The molecule has 20 heavy (non-hydrogen) atoms. The van der Waals surface area contributed by atoms with Crippen molar-refractivity contribution in [3.8, 4) is 0 Å². The molecule has 0 fully saturated rings. The first-order valence-corrected chi connectivity index (χ1v) is 7.06. The number of aromatic nitrogens is 2. The summed E-state index contributed by atoms with van der Waals surface area (Å²) in [6, 6.07) is -0.315. The molecule has 0 saturated heterocycles. The minimum absolute atomic E-state index is 0.0241. The van der Waals surface area contributed by atoms with Crippen LogP contribution in [0.15, 0.2) is 6.33 Å². The standard InChI is InChI=1S/C14H25N5O/c1-6-8-11-12(15-7-2)16-9-17-13(11)18-10(3)14(20)19(4)5/h9-10H,6-8H2,1-5H3,(H2,15,16,17,18). The highest BCUT2D eigenvalue weighted by Crippen LogP contribution is 2.22. The van der Waals surface area contributed by atoms with Gasteiger partial charge in [-0.3, -0.25) is 4.79 Å². The molecule has 0 radical (unpaired) electrons. The molecule has 112 valence electrons. The van der Waals surface area contributed by atoms with Crippen LogP contribution in [0.25, 0.3) is 0 Å². The molecular weight excluding hydrogens is 254 g/mol. The topological polar surface area (TPSA) is 70.1 Å². The smallest absolute Gasteiger partial charge is 0.244 e. The van der Waals surface area contributed by atoms with Gasteiger partial charge in [-0.05, 0) is 20.3 Å². The van der Waals surface area contributed by atoms with Gasteiger partial charge in [0.05, 0.1) is 0 Å². The van der Waals surface area contributed by atoms with E-state index in [4.69, 9.17) is 0 Å². The molecule has 0 spiro atoms. The molecule has 0 saturated carbocycles. The summed E-state index contributed by atoms with van der Waals surface area (Å²) in [5.74, 6) is 1.60. The van der Waals surface area contributed by atoms with E-state index < -0.39 is 0 Å². The maximum Gasteiger partial charge on any atom is 0.244 e. The van der Waals surface area contributed by atoms with Crippen molar-refractivity contribution in [1.29, 1.82) is 0 Å². The Morgan fingerprint density at radius 1 is 1.30 bits per heavy atom. The molecule has 1 aromatic rings. The van der Waals surface area contributed by atoms with Gasteiger partial charge in [-0.15, -0.1) is 0 Å². The van der Waals surface area contributed by atoms with Crippen LogP contribution in [-0.2, 0) is 11.2 Å². The summed E-state index contributed by atoms with van der Waals surface area (Å²) in [5, 5.41) is 6.43. The van der Waals surface area contributed by atoms with Crippen LogP contribution in [0.3, 0.4) is 0 Å². The SMILES string of the molecule is CCCc1c(NCC)ncnc1NC(C)C(=O)N(C)C. The van der Waals surface area contributed by atoms with E-state index in [1.165, 1.54) is 6.33 Å². The first kappa shape index (κ1) is 16.2. The number of amides is 1. The van der Waals surface area contributed by atoms with Crippen LogP contribution < -0.4 is 10.6 Å². The normalized spacial score (nSPS) is 11.8. The van der Waals surface area contributed by atoms with E-state index in [0.29, 0.717) is 0 Å². The Bertz CT molecular complexity index is 447. The molecule has 0 bridgehead atoms. The largest absolute Gasteiger partial charge is 0.370 e. The minimum Gasteiger partial charge on any atom is -0.370 e. The van der Waals surface area contributed by atoms with E-state index in [1.54, 1.807) is 19.0 Å². The third kappa shape index (κ3) is 4.08. The first-order valence-electron chi connectivity index (χ1n) is 7.06. The number of carbonyl (C=O) groups is 1. The summed E-state index contributed by atoms with van der Waals surface area (Å²) < 4.78 is 0. The fraction of sp³-hybridized carbons (Fsp3) is 0.643. The summed E-state index contributed by atoms with van der Waals surface area (Å²) in [5.41, 5.74) is 1.04. The van der Waals surface area contributed by atoms with Crippen molar-refractivity contribution >= 4 is 17.5 Å². The van der Waals surface area contributed by atoms with Crippen molar-refractivity contribution in [3.63, 3.8) is 0 Å². The minimum atomic E-state index is -0.315. The van der Waals surface area contributed by atoms with Crippen LogP contribution in [0.4, 0.5) is 11.6 Å². The van der Waals surface area contributed by atoms with E-state index in [2.05, 4.69) is 27.5 Å². The molecular formula is C14H25N5O. The number of anilines is 2. The van der Waals surface area contributed by atoms with E-state index in [9.17, 15) is 4.79 Å². The van der Waals surface area contributed by atoms with Gasteiger partial charge in [0.15, 0.2) is 0 Å². The Hall–Kier alpha value is -1.85. The highest BCUT2D eigenvalue weighted by molar-refractivity contribution is 5.84. The summed E-state index contributed by atoms with van der Waals surface area (Å²) in [4.78, 5) is 22.1. The molecule has 0 aliphatic carbocycles. The van der Waals surface area contributed by atoms with Gasteiger partial charge in [0.2, 0.25) is 5.91 Å². The number of hydrogen-bond donors (Lipinski definition) is 2. The molecule has 1 heterocycles. The van der Waals surface area contributed by atoms with Gasteiger partial charge < -0.3 is 15.5 Å². The van der Waals surface area contributed by atoms with E-state index in [1.807, 2.05) is 13.8 Å². The number of nitrogens with zero attached hydrogens (tertiary/aromatic N) is 3. The van der Waals surface area contributed by atoms with Gasteiger partial charge in [-0.25, -0.2) is 9.97 Å². The van der Waals surface area contributed by atoms with Gasteiger partial charge in [0.1, 0.15) is 24.0 Å². The second kappa shape index (κ2) is 7.67. The van der Waals surface area contributed by atoms with Crippen molar-refractivity contribution in [2.75, 3.05) is 31.3 Å². The highest BCUT2D eigenvalue weighted by Gasteiger charge is 2.18. The highest BCUT2D eigenvalue weighted by atomic mass is 16.2. The van der Waals surface area contributed by atoms with Crippen LogP contribution in [0.5, 0.6) is 0 Å². The summed E-state index contributed by atoms with van der Waals surface area (Å²) in [6.45, 7) is 6.79. The predicted octanol–water partition coefficient (Wildman–Crippen LogP) is 1.75. The fourth-order valence-electron chi connectivity index (χ4n) is 2.00. The van der Waals surface area contributed by atoms with Crippen molar-refractivity contribution in [3.05, 3.63) is 11.9 Å². The van der Waals surface area contributed by atoms with E-state index >= 15 is 0 Å². The van der Waals surface area contributed by atoms with Crippen molar-refractivity contribution < 1.29 is 4.79 Å². The molecule has 1 aromatic heterocycles. The van der Waals surface area contributed by atoms with Crippen molar-refractivity contribution in [2.45, 2.75) is 39.7 Å². The molecule has 2 N–H and O–H groups in total. The molecule has 0 aromatic carbocycles. The molecule has 0 aliphatic heterocycles. The Kier molecular flexibility index (Phi) is 6.21. The fourth-order valence-corrected chi connectivity index (χ4v) is 2.00. The molecule has 1 atom stereocenters. The second-order valence-corrected chi connectivity index (χ2v) is 4.93. The van der Waals surface area contributed by atoms with Crippen LogP contribution >= 0.6 is 0 Å². The number of hydrogen-bond acceptors (Lipinski definition) is 5. The van der Waals surface area contributed by atoms with Gasteiger partial charge in [-0.1, -0.05) is 13.3 Å². The zero-order valence-corrected chi connectivity index (χ0v) is 13.0. The average molecular weight is 279 g/mol. The van der Waals surface area contributed by atoms with Crippen LogP contribution in [0.2, 0.25) is 0 Å². The predicted molar refractivity (Wildman–Crippen MR) is 82.0 cm³/mol. The number of rotatable bonds is 7. The van der Waals surface area contributed by atoms with Gasteiger partial charge in [0.25, 0.3) is 0 Å². The van der Waals surface area contributed by atoms with E-state index in [-0.39, 0.29) is 11.9 Å². The zero-order valence-electron chi connectivity index (χ0n) is 13.0. The number of nitrogens with one attached hydrogen (secondary N) is 2. The number of carbonyl (C=O) groups excluding carboxylic acids is 1. The first-order chi connectivity index (χ1) is 9.51. The van der Waals surface area contributed by atoms with Crippen LogP contribution in [0.1, 0.15) is 32.8 Å². The summed E-state index contributed by atoms with van der Waals surface area (Å²) >= 11 is 0. The molecule has 6 nitrogen and oxygen atoms in total. The lowest BCUT2D eigenvalue weighted by Gasteiger charge is -2.21. The third-order valence-corrected chi connectivity index (χ3v) is 2.95. The Morgan fingerprint density at radius 3 is 2.50 bits per heavy atom. The second-order valence-electron chi connectivity index (χ2n) is 4.93. The van der Waals surface area contributed by atoms with Crippen LogP contribution in [-0.4, -0.2) is 47.5 Å². The maximum absolute atomic E-state index is 11.9. The lowest BCUT2D eigenvalue weighted by atomic mass is 10.1. The summed E-state index contributed by atoms with van der Waals surface area (Å²) in [7, 11) is 3.50. The van der Waals surface area contributed by atoms with Crippen LogP contribution in [0, 0.1) is 0 Å². The Balaban J connectivity index is 2.98. The molecule has 1 amide bonds. The lowest BCUT2D eigenvalue weighted by molar-refractivity contribution is -0.129. The number of likely N-dealkylation sites (N-methyl/N-ethyl adjacent to an activating group) is 1. The lowest BCUT2D eigenvalue weighted by Crippen LogP contribution is -2.37. The Labute approximate surface area is 121 Å². The van der Waals surface area contributed by atoms with Gasteiger partial charge in [-0.2, -0.15) is 0 Å². The van der Waals surface area contributed by atoms with Crippen molar-refractivity contribution in [2.24, 2.45) is 0 Å². The van der Waals surface area contributed by atoms with Gasteiger partial charge >= 0.3 is 0 Å². The molecule has 1 rings (SSSR count).